The first kappa shape index (κ1) is 44.5. The van der Waals surface area contributed by atoms with Gasteiger partial charge in [-0.05, 0) is 126 Å². The van der Waals surface area contributed by atoms with Crippen molar-refractivity contribution in [1.82, 2.24) is 4.57 Å². The lowest BCUT2D eigenvalue weighted by atomic mass is 10.0. The number of nitrogens with zero attached hydrogens (tertiary/aromatic N) is 3. The van der Waals surface area contributed by atoms with Gasteiger partial charge in [0.1, 0.15) is 5.75 Å². The summed E-state index contributed by atoms with van der Waals surface area (Å²) >= 11 is 3.22. The van der Waals surface area contributed by atoms with E-state index in [-0.39, 0.29) is 0 Å². The van der Waals surface area contributed by atoms with E-state index in [1.54, 1.807) is 11.3 Å². The third kappa shape index (κ3) is 7.73. The van der Waals surface area contributed by atoms with E-state index in [1.165, 1.54) is 43.6 Å². The minimum absolute atomic E-state index is 0.443. The first-order valence-electron chi connectivity index (χ1n) is 23.4. The molecule has 13 aromatic rings. The molecule has 0 aliphatic carbocycles. The Balaban J connectivity index is 0.984. The van der Waals surface area contributed by atoms with Crippen molar-refractivity contribution in [2.24, 2.45) is 0 Å². The van der Waals surface area contributed by atoms with Gasteiger partial charge < -0.3 is 18.6 Å². The fourth-order valence-electron chi connectivity index (χ4n) is 10.0. The number of hydrogen-bond acceptors (Lipinski definition) is 7. The van der Waals surface area contributed by atoms with E-state index in [0.29, 0.717) is 32.5 Å². The van der Waals surface area contributed by atoms with Gasteiger partial charge in [-0.3, -0.25) is 0 Å². The molecule has 0 radical (unpaired) electrons. The Kier molecular flexibility index (Phi) is 10.6. The largest absolute Gasteiger partial charge is 0.534 e. The second kappa shape index (κ2) is 17.4. The number of benzene rings is 10. The molecule has 0 saturated heterocycles. The van der Waals surface area contributed by atoms with Gasteiger partial charge in [0, 0.05) is 86.6 Å². The maximum Gasteiger partial charge on any atom is 0.534 e. The highest BCUT2D eigenvalue weighted by atomic mass is 32.2. The number of anilines is 6. The van der Waals surface area contributed by atoms with Crippen LogP contribution in [-0.2, 0) is 10.1 Å². The summed E-state index contributed by atoms with van der Waals surface area (Å²) in [6.07, 6.45) is 0. The molecule has 0 amide bonds. The van der Waals surface area contributed by atoms with Crippen LogP contribution in [0.1, 0.15) is 0 Å². The third-order valence-electron chi connectivity index (χ3n) is 13.3. The molecule has 0 spiro atoms. The van der Waals surface area contributed by atoms with Crippen LogP contribution in [-0.4, -0.2) is 18.5 Å². The first-order valence-corrected chi connectivity index (χ1v) is 26.4. The Hall–Kier alpha value is -8.42. The Morgan fingerprint density at radius 2 is 0.932 bits per heavy atom. The number of halogens is 3. The van der Waals surface area contributed by atoms with E-state index in [1.807, 2.05) is 150 Å². The molecule has 6 nitrogen and oxygen atoms in total. The molecule has 73 heavy (non-hydrogen) atoms. The van der Waals surface area contributed by atoms with Crippen molar-refractivity contribution in [3.8, 4) is 22.6 Å². The van der Waals surface area contributed by atoms with Crippen LogP contribution in [0.15, 0.2) is 231 Å². The molecule has 354 valence electrons. The van der Waals surface area contributed by atoms with Crippen molar-refractivity contribution in [3.05, 3.63) is 231 Å². The van der Waals surface area contributed by atoms with E-state index >= 15 is 0 Å². The predicted molar refractivity (Wildman–Crippen MR) is 297 cm³/mol. The number of hydrogen-bond donors (Lipinski definition) is 0. The fraction of sp³-hybridized carbons (Fsp3) is 0.0164. The summed E-state index contributed by atoms with van der Waals surface area (Å²) in [4.78, 5) is 4.09. The van der Waals surface area contributed by atoms with Crippen molar-refractivity contribution in [2.45, 2.75) is 5.51 Å². The molecule has 3 heterocycles. The molecule has 0 N–H and O–H groups in total. The van der Waals surface area contributed by atoms with Crippen molar-refractivity contribution in [2.75, 3.05) is 9.80 Å². The first-order chi connectivity index (χ1) is 35.6. The molecule has 0 aliphatic rings. The second-order valence-electron chi connectivity index (χ2n) is 17.7. The van der Waals surface area contributed by atoms with Crippen LogP contribution < -0.4 is 14.0 Å². The minimum Gasteiger partial charge on any atom is -0.376 e. The number of aromatic nitrogens is 1. The summed E-state index contributed by atoms with van der Waals surface area (Å²) in [7, 11) is -6.06. The lowest BCUT2D eigenvalue weighted by Gasteiger charge is -2.27. The average Bonchev–Trinajstić information content (AvgIpc) is 4.09. The Bertz CT molecular complexity index is 4370. The Labute approximate surface area is 425 Å². The topological polar surface area (TPSA) is 54.8 Å². The molecule has 10 aromatic carbocycles. The highest BCUT2D eigenvalue weighted by Gasteiger charge is 2.48. The molecular weight excluding hydrogens is 976 g/mol. The number of para-hydroxylation sites is 4. The Morgan fingerprint density at radius 1 is 0.411 bits per heavy atom. The summed E-state index contributed by atoms with van der Waals surface area (Å²) in [5.74, 6) is -0.473. The van der Waals surface area contributed by atoms with Crippen molar-refractivity contribution >= 4 is 129 Å². The van der Waals surface area contributed by atoms with Gasteiger partial charge in [0.05, 0.1) is 21.4 Å². The fourth-order valence-corrected chi connectivity index (χ4v) is 12.7. The van der Waals surface area contributed by atoms with E-state index in [9.17, 15) is 21.6 Å². The quantitative estimate of drug-likeness (QED) is 0.101. The molecule has 0 fully saturated rings. The zero-order valence-corrected chi connectivity index (χ0v) is 40.8. The van der Waals surface area contributed by atoms with Gasteiger partial charge in [-0.25, -0.2) is 0 Å². The number of alkyl halides is 3. The zero-order valence-electron chi connectivity index (χ0n) is 38.4. The summed E-state index contributed by atoms with van der Waals surface area (Å²) in [5.41, 5.74) is 3.92. The highest BCUT2D eigenvalue weighted by Crippen LogP contribution is 2.50. The van der Waals surface area contributed by atoms with E-state index in [2.05, 4.69) is 82.3 Å². The second-order valence-corrected chi connectivity index (χ2v) is 21.3. The van der Waals surface area contributed by atoms with Gasteiger partial charge in [0.25, 0.3) is 0 Å². The normalized spacial score (nSPS) is 12.2. The number of fused-ring (bicyclic) bond motifs is 9. The molecular formula is C61H38F3N3O3S3. The maximum absolute atomic E-state index is 14.1. The van der Waals surface area contributed by atoms with Crippen LogP contribution in [0.5, 0.6) is 5.75 Å². The highest BCUT2D eigenvalue weighted by molar-refractivity contribution is 7.88. The molecule has 0 unspecified atom stereocenters. The van der Waals surface area contributed by atoms with Gasteiger partial charge in [-0.2, -0.15) is 21.6 Å². The lowest BCUT2D eigenvalue weighted by molar-refractivity contribution is -0.0500. The van der Waals surface area contributed by atoms with Gasteiger partial charge in [-0.1, -0.05) is 109 Å². The van der Waals surface area contributed by atoms with Crippen LogP contribution >= 0.6 is 22.7 Å². The minimum atomic E-state index is -6.06. The molecule has 0 atom stereocenters. The summed E-state index contributed by atoms with van der Waals surface area (Å²) < 4.78 is 79.4. The molecule has 0 bridgehead atoms. The monoisotopic (exact) mass is 1010 g/mol. The van der Waals surface area contributed by atoms with Crippen LogP contribution in [0.3, 0.4) is 0 Å². The van der Waals surface area contributed by atoms with Crippen molar-refractivity contribution < 1.29 is 25.8 Å². The van der Waals surface area contributed by atoms with Crippen LogP contribution in [0, 0.1) is 0 Å². The molecule has 13 rings (SSSR count). The average molecular weight is 1010 g/mol. The van der Waals surface area contributed by atoms with E-state index in [0.717, 1.165) is 60.4 Å². The van der Waals surface area contributed by atoms with Crippen molar-refractivity contribution in [1.29, 1.82) is 0 Å². The van der Waals surface area contributed by atoms with E-state index in [4.69, 9.17) is 4.18 Å². The summed E-state index contributed by atoms with van der Waals surface area (Å²) in [5, 5.41) is 5.75. The summed E-state index contributed by atoms with van der Waals surface area (Å²) in [6, 6.07) is 76.2. The molecule has 0 aliphatic heterocycles. The maximum atomic E-state index is 14.1. The molecule has 12 heteroatoms. The standard InChI is InChI=1S/C61H38F3N3O3S3/c62-61(63,64)73(68,69)70-47-37-53-52-36-46(65(41-14-4-1-5-15-41)45-29-31-55-50(35-45)48-20-10-12-22-54(48)67(55)43-18-8-3-9-19-43)30-33-59(52)72-60(53)56(38-47)66(42-16-6-2-7-17-42)44-27-24-39(25-28-44)40-26-32-58-51(34-40)49-21-11-13-23-57(49)71-58/h1-38H. The van der Waals surface area contributed by atoms with Gasteiger partial charge >= 0.3 is 15.6 Å². The summed E-state index contributed by atoms with van der Waals surface area (Å²) in [6.45, 7) is 0. The third-order valence-corrected chi connectivity index (χ3v) is 16.6. The van der Waals surface area contributed by atoms with Crippen molar-refractivity contribution in [3.63, 3.8) is 0 Å². The van der Waals surface area contributed by atoms with Crippen LogP contribution in [0.25, 0.3) is 79.0 Å². The van der Waals surface area contributed by atoms with Gasteiger partial charge in [0.15, 0.2) is 0 Å². The van der Waals surface area contributed by atoms with Crippen LogP contribution in [0.4, 0.5) is 47.3 Å². The smallest absolute Gasteiger partial charge is 0.376 e. The lowest BCUT2D eigenvalue weighted by Crippen LogP contribution is -2.28. The zero-order chi connectivity index (χ0) is 49.4. The number of thiophene rings is 2. The molecule has 3 aromatic heterocycles. The Morgan fingerprint density at radius 3 is 1.66 bits per heavy atom. The van der Waals surface area contributed by atoms with Gasteiger partial charge in [0.2, 0.25) is 0 Å². The van der Waals surface area contributed by atoms with E-state index < -0.39 is 21.4 Å². The van der Waals surface area contributed by atoms with Gasteiger partial charge in [-0.15, -0.1) is 22.7 Å². The number of rotatable bonds is 10. The molecule has 0 saturated carbocycles. The van der Waals surface area contributed by atoms with Crippen LogP contribution in [0.2, 0.25) is 0 Å². The SMILES string of the molecule is O=S(=O)(Oc1cc(N(c2ccccc2)c2ccc(-c3ccc4sc5ccccc5c4c3)cc2)c2sc3ccc(N(c4ccccc4)c4ccc5c(c4)c4ccccc4n5-c4ccccc4)cc3c2c1)C(F)(F)F. The predicted octanol–water partition coefficient (Wildman–Crippen LogP) is 18.4.